The summed E-state index contributed by atoms with van der Waals surface area (Å²) in [5.41, 5.74) is 0.504. The molecule has 0 aromatic heterocycles. The predicted molar refractivity (Wildman–Crippen MR) is 74.8 cm³/mol. The largest absolute Gasteiger partial charge is 0.300 e. The van der Waals surface area contributed by atoms with Gasteiger partial charge in [-0.3, -0.25) is 9.59 Å². The van der Waals surface area contributed by atoms with Crippen LogP contribution in [0.2, 0.25) is 0 Å². The minimum Gasteiger partial charge on any atom is -0.300 e. The molecule has 4 heteroatoms. The Morgan fingerprint density at radius 2 is 1.89 bits per heavy atom. The highest BCUT2D eigenvalue weighted by molar-refractivity contribution is 6.22. The molecule has 1 aromatic carbocycles. The number of benzene rings is 1. The predicted octanol–water partition coefficient (Wildman–Crippen LogP) is 2.10. The molecule has 1 heterocycles. The van der Waals surface area contributed by atoms with Crippen LogP contribution in [-0.4, -0.2) is 23.4 Å². The Morgan fingerprint density at radius 3 is 2.47 bits per heavy atom. The first-order valence-corrected chi connectivity index (χ1v) is 6.64. The maximum absolute atomic E-state index is 12.4. The van der Waals surface area contributed by atoms with Crippen LogP contribution < -0.4 is 10.2 Å². The van der Waals surface area contributed by atoms with E-state index in [1.807, 2.05) is 32.0 Å². The molecule has 102 valence electrons. The Labute approximate surface area is 113 Å². The summed E-state index contributed by atoms with van der Waals surface area (Å²) in [6.45, 7) is 6.13. The van der Waals surface area contributed by atoms with E-state index in [-0.39, 0.29) is 23.8 Å². The van der Waals surface area contributed by atoms with Crippen LogP contribution in [-0.2, 0) is 9.59 Å². The van der Waals surface area contributed by atoms with Crippen LogP contribution in [0, 0.1) is 0 Å². The van der Waals surface area contributed by atoms with Crippen molar-refractivity contribution in [3.63, 3.8) is 0 Å². The molecule has 1 N–H and O–H groups in total. The van der Waals surface area contributed by atoms with Crippen molar-refractivity contribution in [1.82, 2.24) is 5.32 Å². The molecule has 1 unspecified atom stereocenters. The molecule has 4 nitrogen and oxygen atoms in total. The highest BCUT2D eigenvalue weighted by Crippen LogP contribution is 2.24. The van der Waals surface area contributed by atoms with Crippen LogP contribution in [0.1, 0.15) is 33.6 Å². The van der Waals surface area contributed by atoms with E-state index >= 15 is 0 Å². The lowest BCUT2D eigenvalue weighted by Crippen LogP contribution is -2.49. The molecule has 1 aliphatic rings. The number of rotatable bonds is 4. The number of nitrogens with one attached hydrogen (secondary N) is 1. The van der Waals surface area contributed by atoms with Crippen molar-refractivity contribution in [2.24, 2.45) is 0 Å². The van der Waals surface area contributed by atoms with Gasteiger partial charge in [0.15, 0.2) is 0 Å². The van der Waals surface area contributed by atoms with Crippen molar-refractivity contribution < 1.29 is 9.59 Å². The summed E-state index contributed by atoms with van der Waals surface area (Å²) in [5.74, 6) is -0.293. The molecule has 0 saturated carbocycles. The average molecular weight is 260 g/mol. The third kappa shape index (κ3) is 2.84. The first kappa shape index (κ1) is 13.7. The Kier molecular flexibility index (Phi) is 3.71. The monoisotopic (exact) mass is 260 g/mol. The first-order valence-electron chi connectivity index (χ1n) is 6.64. The lowest BCUT2D eigenvalue weighted by atomic mass is 10.00. The zero-order chi connectivity index (χ0) is 14.0. The molecule has 0 spiro atoms. The van der Waals surface area contributed by atoms with E-state index < -0.39 is 6.04 Å². The Hall–Kier alpha value is -1.68. The fraction of sp³-hybridized carbons (Fsp3) is 0.467. The maximum Gasteiger partial charge on any atom is 0.251 e. The summed E-state index contributed by atoms with van der Waals surface area (Å²) < 4.78 is 0. The summed E-state index contributed by atoms with van der Waals surface area (Å²) in [4.78, 5) is 25.7. The van der Waals surface area contributed by atoms with Crippen molar-refractivity contribution in [2.45, 2.75) is 45.2 Å². The summed E-state index contributed by atoms with van der Waals surface area (Å²) in [6.07, 6.45) is 1.13. The summed E-state index contributed by atoms with van der Waals surface area (Å²) in [7, 11) is 0. The highest BCUT2D eigenvalue weighted by Gasteiger charge is 2.41. The van der Waals surface area contributed by atoms with Gasteiger partial charge in [-0.05, 0) is 32.4 Å². The number of carbonyl (C=O) groups excluding carboxylic acids is 2. The van der Waals surface area contributed by atoms with E-state index in [1.54, 1.807) is 12.1 Å². The molecule has 2 amide bonds. The van der Waals surface area contributed by atoms with Crippen molar-refractivity contribution in [3.05, 3.63) is 30.3 Å². The van der Waals surface area contributed by atoms with Crippen LogP contribution >= 0.6 is 0 Å². The number of imide groups is 1. The second-order valence-corrected chi connectivity index (χ2v) is 5.54. The second-order valence-electron chi connectivity index (χ2n) is 5.54. The Balaban J connectivity index is 2.18. The first-order chi connectivity index (χ1) is 8.94. The van der Waals surface area contributed by atoms with Crippen molar-refractivity contribution >= 4 is 17.5 Å². The van der Waals surface area contributed by atoms with Gasteiger partial charge in [-0.1, -0.05) is 25.1 Å². The van der Waals surface area contributed by atoms with Crippen LogP contribution in [0.3, 0.4) is 0 Å². The van der Waals surface area contributed by atoms with Crippen molar-refractivity contribution in [1.29, 1.82) is 0 Å². The second kappa shape index (κ2) is 5.13. The van der Waals surface area contributed by atoms with Gasteiger partial charge in [0.2, 0.25) is 5.91 Å². The van der Waals surface area contributed by atoms with E-state index in [2.05, 4.69) is 12.2 Å². The fourth-order valence-corrected chi connectivity index (χ4v) is 2.17. The number of anilines is 1. The molecule has 0 aliphatic carbocycles. The minimum absolute atomic E-state index is 0.138. The van der Waals surface area contributed by atoms with Crippen LogP contribution in [0.15, 0.2) is 30.3 Å². The minimum atomic E-state index is -0.414. The van der Waals surface area contributed by atoms with Crippen molar-refractivity contribution in [3.8, 4) is 0 Å². The van der Waals surface area contributed by atoms with Crippen LogP contribution in [0.25, 0.3) is 0 Å². The Morgan fingerprint density at radius 1 is 1.26 bits per heavy atom. The zero-order valence-corrected chi connectivity index (χ0v) is 11.6. The van der Waals surface area contributed by atoms with Gasteiger partial charge in [-0.25, -0.2) is 4.90 Å². The fourth-order valence-electron chi connectivity index (χ4n) is 2.17. The van der Waals surface area contributed by atoms with Crippen LogP contribution in [0.4, 0.5) is 5.69 Å². The molecule has 1 aliphatic heterocycles. The molecule has 1 aromatic rings. The lowest BCUT2D eigenvalue weighted by molar-refractivity contribution is -0.121. The van der Waals surface area contributed by atoms with E-state index in [1.165, 1.54) is 4.90 Å². The van der Waals surface area contributed by atoms with Gasteiger partial charge in [-0.15, -0.1) is 0 Å². The van der Waals surface area contributed by atoms with Crippen LogP contribution in [0.5, 0.6) is 0 Å². The number of hydrogen-bond acceptors (Lipinski definition) is 3. The summed E-state index contributed by atoms with van der Waals surface area (Å²) >= 11 is 0. The lowest BCUT2D eigenvalue weighted by Gasteiger charge is -2.27. The molecular weight excluding hydrogens is 240 g/mol. The zero-order valence-electron chi connectivity index (χ0n) is 11.6. The molecule has 1 saturated heterocycles. The normalized spacial score (nSPS) is 20.2. The molecule has 19 heavy (non-hydrogen) atoms. The van der Waals surface area contributed by atoms with Gasteiger partial charge in [0.1, 0.15) is 0 Å². The summed E-state index contributed by atoms with van der Waals surface area (Å²) in [5, 5.41) is 3.27. The average Bonchev–Trinajstić information content (AvgIpc) is 2.65. The number of amides is 2. The van der Waals surface area contributed by atoms with Gasteiger partial charge in [0.05, 0.1) is 18.2 Å². The smallest absolute Gasteiger partial charge is 0.251 e. The number of carbonyl (C=O) groups is 2. The molecule has 1 fully saturated rings. The van der Waals surface area contributed by atoms with E-state index in [0.29, 0.717) is 5.69 Å². The quantitative estimate of drug-likeness (QED) is 0.843. The van der Waals surface area contributed by atoms with E-state index in [9.17, 15) is 9.59 Å². The number of hydrogen-bond donors (Lipinski definition) is 1. The third-order valence-corrected chi connectivity index (χ3v) is 3.61. The molecule has 2 rings (SSSR count). The SMILES string of the molecule is CCC(C)(C)NC1CC(=O)N(c2ccccc2)C1=O. The van der Waals surface area contributed by atoms with E-state index in [4.69, 9.17) is 0 Å². The highest BCUT2D eigenvalue weighted by atomic mass is 16.2. The van der Waals surface area contributed by atoms with E-state index in [0.717, 1.165) is 6.42 Å². The standard InChI is InChI=1S/C15H20N2O2/c1-4-15(2,3)16-12-10-13(18)17(14(12)19)11-8-6-5-7-9-11/h5-9,12,16H,4,10H2,1-3H3. The molecule has 0 radical (unpaired) electrons. The van der Waals surface area contributed by atoms with Gasteiger partial charge < -0.3 is 5.32 Å². The number of nitrogens with zero attached hydrogens (tertiary/aromatic N) is 1. The number of para-hydroxylation sites is 1. The Bertz CT molecular complexity index is 482. The molecule has 0 bridgehead atoms. The molecular formula is C15H20N2O2. The topological polar surface area (TPSA) is 49.4 Å². The third-order valence-electron chi connectivity index (χ3n) is 3.61. The maximum atomic E-state index is 12.4. The van der Waals surface area contributed by atoms with Gasteiger partial charge in [0.25, 0.3) is 5.91 Å². The van der Waals surface area contributed by atoms with Crippen molar-refractivity contribution in [2.75, 3.05) is 4.90 Å². The summed E-state index contributed by atoms with van der Waals surface area (Å²) in [6, 6.07) is 8.67. The van der Waals surface area contributed by atoms with Gasteiger partial charge >= 0.3 is 0 Å². The molecule has 1 atom stereocenters. The van der Waals surface area contributed by atoms with Gasteiger partial charge in [-0.2, -0.15) is 0 Å². The van der Waals surface area contributed by atoms with Gasteiger partial charge in [0, 0.05) is 5.54 Å².